The molecule has 1 aliphatic heterocycles. The maximum atomic E-state index is 11.1. The van der Waals surface area contributed by atoms with Crippen LogP contribution >= 0.6 is 0 Å². The number of hydrogen-bond acceptors (Lipinski definition) is 3. The molecule has 2 aromatic carbocycles. The first kappa shape index (κ1) is 22.2. The number of carboxylic acids is 1. The predicted molar refractivity (Wildman–Crippen MR) is 125 cm³/mol. The van der Waals surface area contributed by atoms with Crippen molar-refractivity contribution < 1.29 is 19.4 Å². The van der Waals surface area contributed by atoms with E-state index in [-0.39, 0.29) is 17.9 Å². The standard InChI is InChI=1S/C28H30O4/c1-2-5-24(19-27(29)30)22-8-10-26(11-9-22)31-20-21-6-3-7-25(18-21)23-12-15-28(16-13-23)14-4-17-32-28/h3,6-12,18,24H,4,13-17,19-20H2,1H3,(H,29,30). The van der Waals surface area contributed by atoms with E-state index in [1.165, 1.54) is 24.0 Å². The molecule has 1 spiro atoms. The molecule has 4 nitrogen and oxygen atoms in total. The van der Waals surface area contributed by atoms with Crippen LogP contribution in [0.5, 0.6) is 5.75 Å². The molecule has 0 radical (unpaired) electrons. The third-order valence-corrected chi connectivity index (χ3v) is 6.44. The monoisotopic (exact) mass is 430 g/mol. The molecule has 1 aliphatic carbocycles. The highest BCUT2D eigenvalue weighted by atomic mass is 16.5. The first-order valence-electron chi connectivity index (χ1n) is 11.4. The van der Waals surface area contributed by atoms with E-state index < -0.39 is 5.97 Å². The molecule has 0 aromatic heterocycles. The van der Waals surface area contributed by atoms with Gasteiger partial charge in [0.2, 0.25) is 0 Å². The molecule has 32 heavy (non-hydrogen) atoms. The van der Waals surface area contributed by atoms with Crippen LogP contribution in [-0.2, 0) is 16.1 Å². The van der Waals surface area contributed by atoms with E-state index in [0.29, 0.717) is 6.61 Å². The maximum Gasteiger partial charge on any atom is 0.304 e. The van der Waals surface area contributed by atoms with Gasteiger partial charge in [0.1, 0.15) is 12.4 Å². The molecule has 1 heterocycles. The minimum atomic E-state index is -0.850. The van der Waals surface area contributed by atoms with Gasteiger partial charge in [0.15, 0.2) is 0 Å². The number of benzene rings is 2. The zero-order valence-electron chi connectivity index (χ0n) is 18.6. The average Bonchev–Trinajstić information content (AvgIpc) is 3.26. The summed E-state index contributed by atoms with van der Waals surface area (Å²) >= 11 is 0. The molecule has 2 atom stereocenters. The van der Waals surface area contributed by atoms with Crippen molar-refractivity contribution in [3.63, 3.8) is 0 Å². The fourth-order valence-electron chi connectivity index (χ4n) is 4.68. The summed E-state index contributed by atoms with van der Waals surface area (Å²) in [6.45, 7) is 3.12. The third-order valence-electron chi connectivity index (χ3n) is 6.44. The molecule has 0 bridgehead atoms. The number of carboxylic acid groups (broad SMARTS) is 1. The molecule has 2 unspecified atom stereocenters. The fourth-order valence-corrected chi connectivity index (χ4v) is 4.68. The van der Waals surface area contributed by atoms with Gasteiger partial charge in [-0.15, -0.1) is 5.92 Å². The topological polar surface area (TPSA) is 55.8 Å². The van der Waals surface area contributed by atoms with Crippen LogP contribution in [0, 0.1) is 11.8 Å². The quantitative estimate of drug-likeness (QED) is 0.551. The Hall–Kier alpha value is -3.03. The Labute approximate surface area is 190 Å². The van der Waals surface area contributed by atoms with Gasteiger partial charge in [-0.3, -0.25) is 4.79 Å². The normalized spacial score (nSPS) is 20.8. The number of hydrogen-bond donors (Lipinski definition) is 1. The van der Waals surface area contributed by atoms with Gasteiger partial charge in [-0.25, -0.2) is 0 Å². The second kappa shape index (κ2) is 10.1. The molecule has 0 amide bonds. The minimum absolute atomic E-state index is 0.00304. The van der Waals surface area contributed by atoms with Gasteiger partial charge in [0.25, 0.3) is 0 Å². The third kappa shape index (κ3) is 5.41. The van der Waals surface area contributed by atoms with Crippen LogP contribution in [0.4, 0.5) is 0 Å². The molecule has 4 rings (SSSR count). The summed E-state index contributed by atoms with van der Waals surface area (Å²) in [5.74, 6) is 5.40. The molecular weight excluding hydrogens is 400 g/mol. The van der Waals surface area contributed by atoms with Gasteiger partial charge in [-0.05, 0) is 79.5 Å². The molecule has 2 aliphatic rings. The van der Waals surface area contributed by atoms with Crippen molar-refractivity contribution in [3.8, 4) is 17.6 Å². The van der Waals surface area contributed by atoms with E-state index in [2.05, 4.69) is 42.2 Å². The lowest BCUT2D eigenvalue weighted by molar-refractivity contribution is -0.137. The van der Waals surface area contributed by atoms with Gasteiger partial charge in [-0.1, -0.05) is 42.3 Å². The Bertz CT molecular complexity index is 1030. The first-order valence-corrected chi connectivity index (χ1v) is 11.4. The van der Waals surface area contributed by atoms with Gasteiger partial charge in [-0.2, -0.15) is 0 Å². The highest BCUT2D eigenvalue weighted by molar-refractivity contribution is 5.69. The van der Waals surface area contributed by atoms with Crippen molar-refractivity contribution in [3.05, 3.63) is 71.3 Å². The molecule has 1 fully saturated rings. The summed E-state index contributed by atoms with van der Waals surface area (Å²) in [5, 5.41) is 9.10. The predicted octanol–water partition coefficient (Wildman–Crippen LogP) is 5.96. The van der Waals surface area contributed by atoms with Gasteiger partial charge < -0.3 is 14.6 Å². The summed E-state index contributed by atoms with van der Waals surface area (Å²) in [6, 6.07) is 16.1. The Morgan fingerprint density at radius 2 is 2.06 bits per heavy atom. The lowest BCUT2D eigenvalue weighted by Gasteiger charge is -2.32. The summed E-state index contributed by atoms with van der Waals surface area (Å²) in [7, 11) is 0. The molecule has 2 aromatic rings. The van der Waals surface area contributed by atoms with Crippen LogP contribution in [0.25, 0.3) is 5.57 Å². The Kier molecular flexibility index (Phi) is 6.97. The molecule has 1 saturated heterocycles. The van der Waals surface area contributed by atoms with E-state index in [1.54, 1.807) is 6.92 Å². The largest absolute Gasteiger partial charge is 0.489 e. The zero-order valence-corrected chi connectivity index (χ0v) is 18.6. The van der Waals surface area contributed by atoms with Crippen LogP contribution in [0.15, 0.2) is 54.6 Å². The van der Waals surface area contributed by atoms with Crippen molar-refractivity contribution in [1.29, 1.82) is 0 Å². The number of aliphatic carboxylic acids is 1. The smallest absolute Gasteiger partial charge is 0.304 e. The van der Waals surface area contributed by atoms with Crippen molar-refractivity contribution in [1.82, 2.24) is 0 Å². The van der Waals surface area contributed by atoms with E-state index in [9.17, 15) is 4.79 Å². The van der Waals surface area contributed by atoms with Crippen LogP contribution in [0.2, 0.25) is 0 Å². The number of allylic oxidation sites excluding steroid dienone is 1. The van der Waals surface area contributed by atoms with Crippen LogP contribution in [-0.4, -0.2) is 23.3 Å². The maximum absolute atomic E-state index is 11.1. The summed E-state index contributed by atoms with van der Waals surface area (Å²) in [6.07, 6.45) is 7.91. The van der Waals surface area contributed by atoms with Gasteiger partial charge >= 0.3 is 5.97 Å². The summed E-state index contributed by atoms with van der Waals surface area (Å²) in [5.41, 5.74) is 4.79. The summed E-state index contributed by atoms with van der Waals surface area (Å²) in [4.78, 5) is 11.1. The number of carbonyl (C=O) groups is 1. The second-order valence-electron chi connectivity index (χ2n) is 8.67. The molecule has 0 saturated carbocycles. The van der Waals surface area contributed by atoms with Crippen molar-refractivity contribution in [2.45, 2.75) is 63.6 Å². The van der Waals surface area contributed by atoms with Gasteiger partial charge in [0.05, 0.1) is 17.9 Å². The van der Waals surface area contributed by atoms with Crippen LogP contribution in [0.3, 0.4) is 0 Å². The second-order valence-corrected chi connectivity index (χ2v) is 8.67. The van der Waals surface area contributed by atoms with E-state index in [0.717, 1.165) is 42.7 Å². The number of ether oxygens (including phenoxy) is 2. The molecule has 1 N–H and O–H groups in total. The Morgan fingerprint density at radius 1 is 1.22 bits per heavy atom. The lowest BCUT2D eigenvalue weighted by atomic mass is 9.81. The van der Waals surface area contributed by atoms with E-state index in [4.69, 9.17) is 14.6 Å². The van der Waals surface area contributed by atoms with Crippen LogP contribution in [0.1, 0.15) is 68.1 Å². The average molecular weight is 431 g/mol. The van der Waals surface area contributed by atoms with Crippen molar-refractivity contribution >= 4 is 11.5 Å². The molecular formula is C28H30O4. The van der Waals surface area contributed by atoms with Crippen molar-refractivity contribution in [2.75, 3.05) is 6.61 Å². The lowest BCUT2D eigenvalue weighted by Crippen LogP contribution is -2.29. The van der Waals surface area contributed by atoms with Gasteiger partial charge in [0, 0.05) is 6.61 Å². The van der Waals surface area contributed by atoms with Crippen LogP contribution < -0.4 is 4.74 Å². The minimum Gasteiger partial charge on any atom is -0.489 e. The summed E-state index contributed by atoms with van der Waals surface area (Å²) < 4.78 is 12.0. The number of rotatable bonds is 7. The Balaban J connectivity index is 1.37. The highest BCUT2D eigenvalue weighted by Crippen LogP contribution is 2.41. The Morgan fingerprint density at radius 3 is 2.72 bits per heavy atom. The first-order chi connectivity index (χ1) is 15.6. The van der Waals surface area contributed by atoms with E-state index >= 15 is 0 Å². The SMILES string of the molecule is CC#CC(CC(=O)O)c1ccc(OCc2cccc(C3=CCC4(CCCO4)CC3)c2)cc1. The fraction of sp³-hybridized carbons (Fsp3) is 0.393. The molecule has 4 heteroatoms. The highest BCUT2D eigenvalue weighted by Gasteiger charge is 2.36. The molecule has 166 valence electrons. The zero-order chi connectivity index (χ0) is 22.4. The van der Waals surface area contributed by atoms with E-state index in [1.807, 2.05) is 24.3 Å². The van der Waals surface area contributed by atoms with Crippen molar-refractivity contribution in [2.24, 2.45) is 0 Å².